The van der Waals surface area contributed by atoms with Crippen molar-refractivity contribution < 1.29 is 4.79 Å². The average molecular weight is 296 g/mol. The first kappa shape index (κ1) is 14.4. The van der Waals surface area contributed by atoms with Crippen LogP contribution in [0.1, 0.15) is 28.8 Å². The van der Waals surface area contributed by atoms with Crippen LogP contribution < -0.4 is 16.0 Å². The summed E-state index contributed by atoms with van der Waals surface area (Å²) in [6.07, 6.45) is 4.04. The highest BCUT2D eigenvalue weighted by Crippen LogP contribution is 2.20. The van der Waals surface area contributed by atoms with Crippen LogP contribution in [0.3, 0.4) is 0 Å². The Labute approximate surface area is 130 Å². The molecular formula is C17H20N4O. The van der Waals surface area contributed by atoms with Crippen molar-refractivity contribution in [3.05, 3.63) is 47.7 Å². The van der Waals surface area contributed by atoms with Gasteiger partial charge in [0.05, 0.1) is 5.56 Å². The van der Waals surface area contributed by atoms with Crippen molar-refractivity contribution in [3.63, 3.8) is 0 Å². The maximum atomic E-state index is 12.3. The van der Waals surface area contributed by atoms with Crippen LogP contribution in [0.4, 0.5) is 17.2 Å². The maximum Gasteiger partial charge on any atom is 0.257 e. The van der Waals surface area contributed by atoms with Gasteiger partial charge in [0.1, 0.15) is 5.82 Å². The fourth-order valence-electron chi connectivity index (χ4n) is 2.62. The number of rotatable bonds is 3. The summed E-state index contributed by atoms with van der Waals surface area (Å²) in [6.45, 7) is 4.02. The largest absolute Gasteiger partial charge is 0.399 e. The van der Waals surface area contributed by atoms with E-state index >= 15 is 0 Å². The van der Waals surface area contributed by atoms with E-state index in [1.807, 2.05) is 31.2 Å². The second-order valence-corrected chi connectivity index (χ2v) is 5.63. The number of amides is 1. The minimum absolute atomic E-state index is 0.172. The van der Waals surface area contributed by atoms with Crippen molar-refractivity contribution >= 4 is 23.1 Å². The van der Waals surface area contributed by atoms with Crippen molar-refractivity contribution in [1.82, 2.24) is 4.98 Å². The van der Waals surface area contributed by atoms with Gasteiger partial charge in [-0.15, -0.1) is 0 Å². The van der Waals surface area contributed by atoms with E-state index in [-0.39, 0.29) is 5.91 Å². The predicted octanol–water partition coefficient (Wildman–Crippen LogP) is 2.82. The van der Waals surface area contributed by atoms with Gasteiger partial charge in [-0.05, 0) is 49.6 Å². The number of benzene rings is 1. The molecule has 1 aliphatic rings. The second kappa shape index (κ2) is 6.05. The van der Waals surface area contributed by atoms with Gasteiger partial charge in [0.15, 0.2) is 0 Å². The second-order valence-electron chi connectivity index (χ2n) is 5.63. The topological polar surface area (TPSA) is 71.2 Å². The molecule has 0 unspecified atom stereocenters. The van der Waals surface area contributed by atoms with Gasteiger partial charge in [0.25, 0.3) is 5.91 Å². The number of nitrogens with zero attached hydrogens (tertiary/aromatic N) is 2. The molecule has 0 atom stereocenters. The van der Waals surface area contributed by atoms with Gasteiger partial charge >= 0.3 is 0 Å². The highest BCUT2D eigenvalue weighted by atomic mass is 16.1. The Morgan fingerprint density at radius 3 is 2.68 bits per heavy atom. The van der Waals surface area contributed by atoms with Crippen molar-refractivity contribution in [2.75, 3.05) is 29.0 Å². The number of hydrogen-bond acceptors (Lipinski definition) is 4. The van der Waals surface area contributed by atoms with E-state index in [2.05, 4.69) is 15.2 Å². The molecule has 1 saturated heterocycles. The Kier molecular flexibility index (Phi) is 3.96. The molecule has 0 spiro atoms. The number of carbonyl (C=O) groups excluding carboxylic acids is 1. The van der Waals surface area contributed by atoms with Crippen LogP contribution in [-0.4, -0.2) is 24.0 Å². The van der Waals surface area contributed by atoms with E-state index in [0.717, 1.165) is 30.2 Å². The number of hydrogen-bond donors (Lipinski definition) is 2. The molecule has 1 aromatic carbocycles. The molecule has 0 aliphatic carbocycles. The zero-order chi connectivity index (χ0) is 15.5. The zero-order valence-electron chi connectivity index (χ0n) is 12.7. The third kappa shape index (κ3) is 3.03. The first-order valence-electron chi connectivity index (χ1n) is 7.52. The van der Waals surface area contributed by atoms with Gasteiger partial charge in [-0.1, -0.05) is 6.07 Å². The van der Waals surface area contributed by atoms with Crippen LogP contribution in [0.25, 0.3) is 0 Å². The van der Waals surface area contributed by atoms with Gasteiger partial charge < -0.3 is 16.0 Å². The standard InChI is InChI=1S/C17H20N4O/c1-12-4-6-14(18)10-15(12)20-17(22)13-5-7-16(19-11-13)21-8-2-3-9-21/h4-7,10-11H,2-3,8-9,18H2,1H3,(H,20,22). The fourth-order valence-corrected chi connectivity index (χ4v) is 2.62. The minimum Gasteiger partial charge on any atom is -0.399 e. The van der Waals surface area contributed by atoms with Gasteiger partial charge in [0, 0.05) is 30.7 Å². The minimum atomic E-state index is -0.172. The number of pyridine rings is 1. The molecule has 2 heterocycles. The Morgan fingerprint density at radius 1 is 1.23 bits per heavy atom. The lowest BCUT2D eigenvalue weighted by Crippen LogP contribution is -2.19. The van der Waals surface area contributed by atoms with Gasteiger partial charge in [-0.25, -0.2) is 4.98 Å². The highest BCUT2D eigenvalue weighted by Gasteiger charge is 2.14. The van der Waals surface area contributed by atoms with E-state index in [1.54, 1.807) is 12.3 Å². The Bertz CT molecular complexity index is 676. The van der Waals surface area contributed by atoms with E-state index in [1.165, 1.54) is 12.8 Å². The molecule has 22 heavy (non-hydrogen) atoms. The summed E-state index contributed by atoms with van der Waals surface area (Å²) >= 11 is 0. The Hall–Kier alpha value is -2.56. The number of anilines is 3. The number of nitrogen functional groups attached to an aromatic ring is 1. The molecule has 114 valence electrons. The molecule has 2 aromatic rings. The molecule has 3 N–H and O–H groups in total. The van der Waals surface area contributed by atoms with E-state index in [0.29, 0.717) is 11.3 Å². The lowest BCUT2D eigenvalue weighted by atomic mass is 10.1. The summed E-state index contributed by atoms with van der Waals surface area (Å²) in [7, 11) is 0. The van der Waals surface area contributed by atoms with Crippen LogP contribution in [0.15, 0.2) is 36.5 Å². The van der Waals surface area contributed by atoms with Crippen LogP contribution in [0.5, 0.6) is 0 Å². The molecule has 0 bridgehead atoms. The van der Waals surface area contributed by atoms with Crippen molar-refractivity contribution in [3.8, 4) is 0 Å². The van der Waals surface area contributed by atoms with Crippen molar-refractivity contribution in [1.29, 1.82) is 0 Å². The molecule has 1 aliphatic heterocycles. The highest BCUT2D eigenvalue weighted by molar-refractivity contribution is 6.04. The zero-order valence-corrected chi connectivity index (χ0v) is 12.7. The van der Waals surface area contributed by atoms with Crippen molar-refractivity contribution in [2.45, 2.75) is 19.8 Å². The molecule has 1 amide bonds. The third-order valence-electron chi connectivity index (χ3n) is 3.95. The number of carbonyl (C=O) groups is 1. The quantitative estimate of drug-likeness (QED) is 0.854. The van der Waals surface area contributed by atoms with E-state index in [9.17, 15) is 4.79 Å². The maximum absolute atomic E-state index is 12.3. The lowest BCUT2D eigenvalue weighted by Gasteiger charge is -2.16. The summed E-state index contributed by atoms with van der Waals surface area (Å²) in [6, 6.07) is 9.19. The number of aromatic nitrogens is 1. The van der Waals surface area contributed by atoms with Crippen LogP contribution >= 0.6 is 0 Å². The number of aryl methyl sites for hydroxylation is 1. The predicted molar refractivity (Wildman–Crippen MR) is 89.2 cm³/mol. The van der Waals surface area contributed by atoms with Crippen LogP contribution in [-0.2, 0) is 0 Å². The molecule has 1 fully saturated rings. The lowest BCUT2D eigenvalue weighted by molar-refractivity contribution is 0.102. The van der Waals surface area contributed by atoms with Gasteiger partial charge in [0.2, 0.25) is 0 Å². The SMILES string of the molecule is Cc1ccc(N)cc1NC(=O)c1ccc(N2CCCC2)nc1. The van der Waals surface area contributed by atoms with E-state index < -0.39 is 0 Å². The summed E-state index contributed by atoms with van der Waals surface area (Å²) in [5.74, 6) is 0.767. The summed E-state index contributed by atoms with van der Waals surface area (Å²) in [5, 5.41) is 2.88. The summed E-state index contributed by atoms with van der Waals surface area (Å²) in [4.78, 5) is 18.9. The van der Waals surface area contributed by atoms with Crippen molar-refractivity contribution in [2.24, 2.45) is 0 Å². The molecule has 5 nitrogen and oxygen atoms in total. The van der Waals surface area contributed by atoms with E-state index in [4.69, 9.17) is 5.73 Å². The fraction of sp³-hybridized carbons (Fsp3) is 0.294. The normalized spacial score (nSPS) is 14.1. The van der Waals surface area contributed by atoms with Crippen LogP contribution in [0, 0.1) is 6.92 Å². The summed E-state index contributed by atoms with van der Waals surface area (Å²) < 4.78 is 0. The molecular weight excluding hydrogens is 276 g/mol. The molecule has 1 aromatic heterocycles. The number of nitrogens with two attached hydrogens (primary N) is 1. The Morgan fingerprint density at radius 2 is 2.00 bits per heavy atom. The first-order chi connectivity index (χ1) is 10.6. The van der Waals surface area contributed by atoms with Gasteiger partial charge in [-0.2, -0.15) is 0 Å². The molecule has 0 saturated carbocycles. The van der Waals surface area contributed by atoms with Gasteiger partial charge in [-0.3, -0.25) is 4.79 Å². The molecule has 0 radical (unpaired) electrons. The summed E-state index contributed by atoms with van der Waals surface area (Å²) in [5.41, 5.74) is 8.64. The average Bonchev–Trinajstić information content (AvgIpc) is 3.05. The Balaban J connectivity index is 1.73. The monoisotopic (exact) mass is 296 g/mol. The third-order valence-corrected chi connectivity index (χ3v) is 3.95. The number of nitrogens with one attached hydrogen (secondary N) is 1. The van der Waals surface area contributed by atoms with Crippen LogP contribution in [0.2, 0.25) is 0 Å². The smallest absolute Gasteiger partial charge is 0.257 e. The molecule has 5 heteroatoms. The first-order valence-corrected chi connectivity index (χ1v) is 7.52. The molecule has 3 rings (SSSR count).